The number of pyridine rings is 1. The molecule has 5 nitrogen and oxygen atoms in total. The molecule has 1 saturated carbocycles. The highest BCUT2D eigenvalue weighted by Gasteiger charge is 2.45. The largest absolute Gasteiger partial charge is 0.480 e. The van der Waals surface area contributed by atoms with Gasteiger partial charge in [-0.1, -0.05) is 0 Å². The lowest BCUT2D eigenvalue weighted by Gasteiger charge is -2.38. The van der Waals surface area contributed by atoms with Crippen molar-refractivity contribution in [2.45, 2.75) is 31.7 Å². The minimum absolute atomic E-state index is 0.370. The predicted octanol–water partition coefficient (Wildman–Crippen LogP) is 1.68. The first-order valence-electron chi connectivity index (χ1n) is 5.47. The molecule has 0 spiro atoms. The summed E-state index contributed by atoms with van der Waals surface area (Å²) in [5.41, 5.74) is 0.196. The maximum atomic E-state index is 11.2. The Morgan fingerprint density at radius 1 is 1.59 bits per heavy atom. The number of carbonyl (C=O) groups is 1. The third kappa shape index (κ3) is 1.94. The molecule has 0 atom stereocenters. The summed E-state index contributed by atoms with van der Waals surface area (Å²) in [6.07, 6.45) is 2.03. The summed E-state index contributed by atoms with van der Waals surface area (Å²) >= 11 is 0. The number of aromatic nitrogens is 1. The van der Waals surface area contributed by atoms with E-state index in [1.807, 2.05) is 6.07 Å². The molecule has 1 fully saturated rings. The zero-order valence-corrected chi connectivity index (χ0v) is 9.53. The molecule has 0 aliphatic heterocycles. The van der Waals surface area contributed by atoms with Gasteiger partial charge in [-0.3, -0.25) is 0 Å². The van der Waals surface area contributed by atoms with Crippen molar-refractivity contribution in [2.75, 3.05) is 5.32 Å². The van der Waals surface area contributed by atoms with Gasteiger partial charge in [0, 0.05) is 5.69 Å². The Balaban J connectivity index is 2.32. The Morgan fingerprint density at radius 2 is 2.29 bits per heavy atom. The van der Waals surface area contributed by atoms with Gasteiger partial charge in [0.1, 0.15) is 17.4 Å². The first kappa shape index (κ1) is 11.4. The number of nitrogens with zero attached hydrogens (tertiary/aromatic N) is 2. The second-order valence-electron chi connectivity index (χ2n) is 4.33. The van der Waals surface area contributed by atoms with Crippen LogP contribution in [-0.4, -0.2) is 21.6 Å². The van der Waals surface area contributed by atoms with Crippen LogP contribution in [0.3, 0.4) is 0 Å². The molecule has 1 aliphatic rings. The number of aliphatic carboxylic acids is 1. The maximum Gasteiger partial charge on any atom is 0.329 e. The van der Waals surface area contributed by atoms with Gasteiger partial charge in [-0.25, -0.2) is 9.78 Å². The molecular weight excluding hydrogens is 218 g/mol. The van der Waals surface area contributed by atoms with Crippen LogP contribution in [0.5, 0.6) is 0 Å². The fourth-order valence-electron chi connectivity index (χ4n) is 1.89. The number of rotatable bonds is 3. The fourth-order valence-corrected chi connectivity index (χ4v) is 1.89. The van der Waals surface area contributed by atoms with E-state index in [1.54, 1.807) is 19.1 Å². The number of carboxylic acid groups (broad SMARTS) is 1. The molecule has 5 heteroatoms. The molecule has 0 saturated heterocycles. The third-order valence-corrected chi connectivity index (χ3v) is 3.13. The average molecular weight is 231 g/mol. The molecule has 0 radical (unpaired) electrons. The molecule has 88 valence electrons. The van der Waals surface area contributed by atoms with Crippen LogP contribution in [0.4, 0.5) is 5.82 Å². The zero-order valence-electron chi connectivity index (χ0n) is 9.53. The molecule has 1 aromatic heterocycles. The Hall–Kier alpha value is -2.09. The first-order chi connectivity index (χ1) is 8.07. The van der Waals surface area contributed by atoms with Gasteiger partial charge in [0.2, 0.25) is 0 Å². The summed E-state index contributed by atoms with van der Waals surface area (Å²) in [6.45, 7) is 1.81. The maximum absolute atomic E-state index is 11.2. The predicted molar refractivity (Wildman–Crippen MR) is 61.5 cm³/mol. The molecule has 0 aromatic carbocycles. The molecule has 0 amide bonds. The van der Waals surface area contributed by atoms with Crippen LogP contribution in [0.1, 0.15) is 30.5 Å². The van der Waals surface area contributed by atoms with Crippen LogP contribution in [-0.2, 0) is 4.79 Å². The quantitative estimate of drug-likeness (QED) is 0.826. The van der Waals surface area contributed by atoms with Crippen molar-refractivity contribution in [1.82, 2.24) is 4.98 Å². The number of hydrogen-bond donors (Lipinski definition) is 2. The standard InChI is InChI=1S/C12H13N3O2/c1-8-3-4-9(7-13)10(14-8)15-12(11(16)17)5-2-6-12/h3-4H,2,5-6H2,1H3,(H,14,15)(H,16,17). The second kappa shape index (κ2) is 4.06. The van der Waals surface area contributed by atoms with E-state index in [4.69, 9.17) is 5.26 Å². The Labute approximate surface area is 99.1 Å². The molecule has 2 rings (SSSR count). The van der Waals surface area contributed by atoms with Crippen molar-refractivity contribution in [3.05, 3.63) is 23.4 Å². The number of carboxylic acids is 1. The van der Waals surface area contributed by atoms with E-state index in [0.717, 1.165) is 12.1 Å². The fraction of sp³-hybridized carbons (Fsp3) is 0.417. The second-order valence-corrected chi connectivity index (χ2v) is 4.33. The van der Waals surface area contributed by atoms with Crippen LogP contribution in [0.25, 0.3) is 0 Å². The molecule has 1 heterocycles. The van der Waals surface area contributed by atoms with Gasteiger partial charge in [0.05, 0.1) is 5.56 Å². The van der Waals surface area contributed by atoms with Crippen molar-refractivity contribution in [3.8, 4) is 6.07 Å². The van der Waals surface area contributed by atoms with Gasteiger partial charge >= 0.3 is 5.97 Å². The van der Waals surface area contributed by atoms with E-state index in [-0.39, 0.29) is 0 Å². The van der Waals surface area contributed by atoms with Crippen molar-refractivity contribution < 1.29 is 9.90 Å². The Morgan fingerprint density at radius 3 is 2.76 bits per heavy atom. The highest BCUT2D eigenvalue weighted by atomic mass is 16.4. The number of aryl methyl sites for hydroxylation is 1. The summed E-state index contributed by atoms with van der Waals surface area (Å²) in [5.74, 6) is -0.509. The number of hydrogen-bond acceptors (Lipinski definition) is 4. The number of anilines is 1. The van der Waals surface area contributed by atoms with Crippen LogP contribution < -0.4 is 5.32 Å². The summed E-state index contributed by atoms with van der Waals surface area (Å²) in [4.78, 5) is 15.4. The van der Waals surface area contributed by atoms with E-state index in [9.17, 15) is 9.90 Å². The molecule has 1 aromatic rings. The SMILES string of the molecule is Cc1ccc(C#N)c(NC2(C(=O)O)CCC2)n1. The van der Waals surface area contributed by atoms with Crippen LogP contribution >= 0.6 is 0 Å². The summed E-state index contributed by atoms with van der Waals surface area (Å²) in [6, 6.07) is 5.40. The van der Waals surface area contributed by atoms with E-state index in [0.29, 0.717) is 24.2 Å². The minimum Gasteiger partial charge on any atom is -0.480 e. The molecule has 1 aliphatic carbocycles. The van der Waals surface area contributed by atoms with Gasteiger partial charge in [-0.05, 0) is 38.3 Å². The monoisotopic (exact) mass is 231 g/mol. The summed E-state index contributed by atoms with van der Waals surface area (Å²) in [5, 5.41) is 21.1. The van der Waals surface area contributed by atoms with Gasteiger partial charge in [-0.2, -0.15) is 5.26 Å². The zero-order chi connectivity index (χ0) is 12.5. The van der Waals surface area contributed by atoms with Crippen molar-refractivity contribution >= 4 is 11.8 Å². The first-order valence-corrected chi connectivity index (χ1v) is 5.47. The van der Waals surface area contributed by atoms with Gasteiger partial charge in [-0.15, -0.1) is 0 Å². The molecule has 2 N–H and O–H groups in total. The summed E-state index contributed by atoms with van der Waals surface area (Å²) < 4.78 is 0. The molecular formula is C12H13N3O2. The van der Waals surface area contributed by atoms with E-state index < -0.39 is 11.5 Å². The van der Waals surface area contributed by atoms with Crippen LogP contribution in [0.15, 0.2) is 12.1 Å². The third-order valence-electron chi connectivity index (χ3n) is 3.13. The highest BCUT2D eigenvalue weighted by molar-refractivity contribution is 5.84. The van der Waals surface area contributed by atoms with E-state index in [2.05, 4.69) is 10.3 Å². The van der Waals surface area contributed by atoms with E-state index >= 15 is 0 Å². The van der Waals surface area contributed by atoms with Gasteiger partial charge in [0.15, 0.2) is 0 Å². The van der Waals surface area contributed by atoms with Crippen molar-refractivity contribution in [3.63, 3.8) is 0 Å². The lowest BCUT2D eigenvalue weighted by Crippen LogP contribution is -2.52. The van der Waals surface area contributed by atoms with Gasteiger partial charge in [0.25, 0.3) is 0 Å². The van der Waals surface area contributed by atoms with Crippen LogP contribution in [0, 0.1) is 18.3 Å². The lowest BCUT2D eigenvalue weighted by atomic mass is 9.76. The van der Waals surface area contributed by atoms with Gasteiger partial charge < -0.3 is 10.4 Å². The van der Waals surface area contributed by atoms with Crippen molar-refractivity contribution in [2.24, 2.45) is 0 Å². The van der Waals surface area contributed by atoms with Crippen molar-refractivity contribution in [1.29, 1.82) is 5.26 Å². The normalized spacial score (nSPS) is 16.7. The minimum atomic E-state index is -0.938. The lowest BCUT2D eigenvalue weighted by molar-refractivity contribution is -0.145. The number of nitrogens with one attached hydrogen (secondary N) is 1. The molecule has 0 bridgehead atoms. The molecule has 17 heavy (non-hydrogen) atoms. The molecule has 0 unspecified atom stereocenters. The van der Waals surface area contributed by atoms with E-state index in [1.165, 1.54) is 0 Å². The Bertz CT molecular complexity index is 501. The topological polar surface area (TPSA) is 86.0 Å². The average Bonchev–Trinajstić information content (AvgIpc) is 2.23. The smallest absolute Gasteiger partial charge is 0.329 e. The Kier molecular flexibility index (Phi) is 2.72. The summed E-state index contributed by atoms with van der Waals surface area (Å²) in [7, 11) is 0. The highest BCUT2D eigenvalue weighted by Crippen LogP contribution is 2.35. The number of nitriles is 1. The van der Waals surface area contributed by atoms with Crippen LogP contribution in [0.2, 0.25) is 0 Å².